The number of aromatic carboxylic acids is 1. The van der Waals surface area contributed by atoms with E-state index < -0.39 is 16.8 Å². The monoisotopic (exact) mass is 300 g/mol. The zero-order chi connectivity index (χ0) is 16.3. The first-order chi connectivity index (χ1) is 10.4. The predicted molar refractivity (Wildman–Crippen MR) is 79.2 cm³/mol. The lowest BCUT2D eigenvalue weighted by Crippen LogP contribution is -2.14. The highest BCUT2D eigenvalue weighted by Gasteiger charge is 2.22. The van der Waals surface area contributed by atoms with Gasteiger partial charge in [0.05, 0.1) is 10.5 Å². The minimum absolute atomic E-state index is 0.0488. The van der Waals surface area contributed by atoms with Gasteiger partial charge >= 0.3 is 5.97 Å². The first-order valence-corrected chi connectivity index (χ1v) is 6.29. The van der Waals surface area contributed by atoms with Crippen molar-refractivity contribution < 1.29 is 19.6 Å². The molecule has 22 heavy (non-hydrogen) atoms. The van der Waals surface area contributed by atoms with Crippen LogP contribution in [0.15, 0.2) is 42.5 Å². The van der Waals surface area contributed by atoms with E-state index in [4.69, 9.17) is 5.11 Å². The van der Waals surface area contributed by atoms with E-state index in [1.807, 2.05) is 0 Å². The molecule has 0 aliphatic rings. The molecule has 2 rings (SSSR count). The lowest BCUT2D eigenvalue weighted by Gasteiger charge is -2.07. The van der Waals surface area contributed by atoms with Crippen molar-refractivity contribution in [2.75, 3.05) is 5.32 Å². The van der Waals surface area contributed by atoms with Crippen molar-refractivity contribution in [3.8, 4) is 0 Å². The molecule has 0 fully saturated rings. The number of nitrogens with zero attached hydrogens (tertiary/aromatic N) is 1. The van der Waals surface area contributed by atoms with Gasteiger partial charge in [0.15, 0.2) is 0 Å². The topological polar surface area (TPSA) is 110 Å². The summed E-state index contributed by atoms with van der Waals surface area (Å²) in [6.45, 7) is 1.55. The Morgan fingerprint density at radius 3 is 2.32 bits per heavy atom. The summed E-state index contributed by atoms with van der Waals surface area (Å²) in [7, 11) is 0. The Balaban J connectivity index is 2.28. The minimum atomic E-state index is -1.08. The number of benzene rings is 2. The zero-order valence-electron chi connectivity index (χ0n) is 11.6. The number of hydrogen-bond donors (Lipinski definition) is 2. The van der Waals surface area contributed by atoms with Crippen LogP contribution in [0, 0.1) is 17.0 Å². The van der Waals surface area contributed by atoms with Crippen molar-refractivity contribution in [1.29, 1.82) is 0 Å². The SMILES string of the molecule is Cc1cccc(C(=O)Nc2ccc(C(=O)O)cc2)c1[N+](=O)[O-]. The van der Waals surface area contributed by atoms with Crippen LogP contribution >= 0.6 is 0 Å². The molecule has 0 saturated heterocycles. The summed E-state index contributed by atoms with van der Waals surface area (Å²) in [4.78, 5) is 33.4. The van der Waals surface area contributed by atoms with Crippen LogP contribution in [0.25, 0.3) is 0 Å². The highest BCUT2D eigenvalue weighted by atomic mass is 16.6. The lowest BCUT2D eigenvalue weighted by molar-refractivity contribution is -0.385. The fourth-order valence-electron chi connectivity index (χ4n) is 1.98. The summed E-state index contributed by atoms with van der Waals surface area (Å²) in [5.41, 5.74) is 0.527. The van der Waals surface area contributed by atoms with Crippen molar-refractivity contribution in [3.05, 3.63) is 69.3 Å². The molecule has 0 spiro atoms. The molecule has 0 aromatic heterocycles. The molecule has 0 radical (unpaired) electrons. The number of para-hydroxylation sites is 1. The van der Waals surface area contributed by atoms with E-state index in [0.29, 0.717) is 11.3 Å². The van der Waals surface area contributed by atoms with Gasteiger partial charge in [-0.25, -0.2) is 4.79 Å². The van der Waals surface area contributed by atoms with Crippen molar-refractivity contribution in [2.24, 2.45) is 0 Å². The Bertz CT molecular complexity index is 753. The molecule has 0 unspecified atom stereocenters. The number of carboxylic acids is 1. The standard InChI is InChI=1S/C15H12N2O5/c1-9-3-2-4-12(13(9)17(21)22)14(18)16-11-7-5-10(6-8-11)15(19)20/h2-8H,1H3,(H,16,18)(H,19,20). The second kappa shape index (κ2) is 6.04. The molecule has 7 heteroatoms. The van der Waals surface area contributed by atoms with Gasteiger partial charge in [0.25, 0.3) is 11.6 Å². The second-order valence-corrected chi connectivity index (χ2v) is 4.56. The van der Waals surface area contributed by atoms with E-state index in [9.17, 15) is 19.7 Å². The molecule has 2 aromatic carbocycles. The van der Waals surface area contributed by atoms with E-state index in [2.05, 4.69) is 5.32 Å². The number of amides is 1. The fourth-order valence-corrected chi connectivity index (χ4v) is 1.98. The number of carboxylic acid groups (broad SMARTS) is 1. The fraction of sp³-hybridized carbons (Fsp3) is 0.0667. The van der Waals surface area contributed by atoms with Gasteiger partial charge in [-0.3, -0.25) is 14.9 Å². The third-order valence-electron chi connectivity index (χ3n) is 3.05. The van der Waals surface area contributed by atoms with Crippen molar-refractivity contribution in [1.82, 2.24) is 0 Å². The van der Waals surface area contributed by atoms with Crippen molar-refractivity contribution in [2.45, 2.75) is 6.92 Å². The summed E-state index contributed by atoms with van der Waals surface area (Å²) in [5.74, 6) is -1.70. The van der Waals surface area contributed by atoms with E-state index in [0.717, 1.165) is 0 Å². The van der Waals surface area contributed by atoms with E-state index in [-0.39, 0.29) is 16.8 Å². The molecular weight excluding hydrogens is 288 g/mol. The molecule has 0 atom stereocenters. The maximum Gasteiger partial charge on any atom is 0.335 e. The maximum atomic E-state index is 12.2. The van der Waals surface area contributed by atoms with Crippen LogP contribution in [0.1, 0.15) is 26.3 Å². The number of nitro groups is 1. The van der Waals surface area contributed by atoms with Gasteiger partial charge in [0.2, 0.25) is 0 Å². The molecule has 112 valence electrons. The third kappa shape index (κ3) is 3.09. The van der Waals surface area contributed by atoms with Crippen LogP contribution in [0.4, 0.5) is 11.4 Å². The number of hydrogen-bond acceptors (Lipinski definition) is 4. The predicted octanol–water partition coefficient (Wildman–Crippen LogP) is 2.85. The number of anilines is 1. The highest BCUT2D eigenvalue weighted by molar-refractivity contribution is 6.07. The number of aryl methyl sites for hydroxylation is 1. The molecule has 0 aliphatic heterocycles. The Morgan fingerprint density at radius 2 is 1.77 bits per heavy atom. The van der Waals surface area contributed by atoms with Crippen LogP contribution < -0.4 is 5.32 Å². The summed E-state index contributed by atoms with van der Waals surface area (Å²) in [6.07, 6.45) is 0. The summed E-state index contributed by atoms with van der Waals surface area (Å²) < 4.78 is 0. The number of nitrogens with one attached hydrogen (secondary N) is 1. The first kappa shape index (κ1) is 15.2. The smallest absolute Gasteiger partial charge is 0.335 e. The molecule has 1 amide bonds. The van der Waals surface area contributed by atoms with Crippen LogP contribution in [0.2, 0.25) is 0 Å². The van der Waals surface area contributed by atoms with Crippen molar-refractivity contribution >= 4 is 23.3 Å². The number of rotatable bonds is 4. The van der Waals surface area contributed by atoms with Crippen molar-refractivity contribution in [3.63, 3.8) is 0 Å². The Morgan fingerprint density at radius 1 is 1.14 bits per heavy atom. The number of nitro benzene ring substituents is 1. The zero-order valence-corrected chi connectivity index (χ0v) is 11.6. The first-order valence-electron chi connectivity index (χ1n) is 6.29. The Hall–Kier alpha value is -3.22. The molecule has 2 N–H and O–H groups in total. The summed E-state index contributed by atoms with van der Waals surface area (Å²) in [5, 5.41) is 22.4. The van der Waals surface area contributed by atoms with Gasteiger partial charge in [0, 0.05) is 11.3 Å². The number of carbonyl (C=O) groups is 2. The van der Waals surface area contributed by atoms with Gasteiger partial charge in [-0.05, 0) is 37.3 Å². The largest absolute Gasteiger partial charge is 0.478 e. The molecule has 0 saturated carbocycles. The molecular formula is C15H12N2O5. The van der Waals surface area contributed by atoms with Crippen LogP contribution in [-0.4, -0.2) is 21.9 Å². The normalized spacial score (nSPS) is 10.0. The lowest BCUT2D eigenvalue weighted by atomic mass is 10.1. The quantitative estimate of drug-likeness (QED) is 0.666. The minimum Gasteiger partial charge on any atom is -0.478 e. The van der Waals surface area contributed by atoms with Crippen LogP contribution in [0.3, 0.4) is 0 Å². The summed E-state index contributed by atoms with van der Waals surface area (Å²) >= 11 is 0. The maximum absolute atomic E-state index is 12.2. The Kier molecular flexibility index (Phi) is 4.17. The molecule has 2 aromatic rings. The van der Waals surface area contributed by atoms with E-state index >= 15 is 0 Å². The number of carbonyl (C=O) groups excluding carboxylic acids is 1. The second-order valence-electron chi connectivity index (χ2n) is 4.56. The van der Waals surface area contributed by atoms with Gasteiger partial charge in [0.1, 0.15) is 5.56 Å². The molecule has 0 bridgehead atoms. The van der Waals surface area contributed by atoms with E-state index in [1.54, 1.807) is 19.1 Å². The molecule has 0 aliphatic carbocycles. The highest BCUT2D eigenvalue weighted by Crippen LogP contribution is 2.24. The van der Waals surface area contributed by atoms with Crippen LogP contribution in [-0.2, 0) is 0 Å². The van der Waals surface area contributed by atoms with Crippen LogP contribution in [0.5, 0.6) is 0 Å². The average molecular weight is 300 g/mol. The van der Waals surface area contributed by atoms with E-state index in [1.165, 1.54) is 30.3 Å². The van der Waals surface area contributed by atoms with Gasteiger partial charge < -0.3 is 10.4 Å². The third-order valence-corrected chi connectivity index (χ3v) is 3.05. The van der Waals surface area contributed by atoms with Gasteiger partial charge in [-0.1, -0.05) is 12.1 Å². The average Bonchev–Trinajstić information content (AvgIpc) is 2.47. The van der Waals surface area contributed by atoms with Gasteiger partial charge in [-0.15, -0.1) is 0 Å². The Labute approximate surface area is 125 Å². The molecule has 0 heterocycles. The summed E-state index contributed by atoms with van der Waals surface area (Å²) in [6, 6.07) is 9.99. The molecule has 7 nitrogen and oxygen atoms in total. The van der Waals surface area contributed by atoms with Gasteiger partial charge in [-0.2, -0.15) is 0 Å².